The van der Waals surface area contributed by atoms with Crippen LogP contribution >= 0.6 is 0 Å². The summed E-state index contributed by atoms with van der Waals surface area (Å²) in [6.07, 6.45) is 0.786. The van der Waals surface area contributed by atoms with E-state index in [0.717, 1.165) is 12.5 Å². The molecule has 0 saturated carbocycles. The lowest BCUT2D eigenvalue weighted by atomic mass is 10.1. The van der Waals surface area contributed by atoms with E-state index in [1.807, 2.05) is 11.8 Å². The zero-order chi connectivity index (χ0) is 14.7. The maximum atomic E-state index is 11.2. The van der Waals surface area contributed by atoms with Crippen molar-refractivity contribution in [2.75, 3.05) is 24.7 Å². The molecule has 8 nitrogen and oxygen atoms in total. The van der Waals surface area contributed by atoms with Crippen LogP contribution in [0, 0.1) is 20.2 Å². The molecule has 1 aliphatic rings. The smallest absolute Gasteiger partial charge is 0.299 e. The fraction of sp³-hybridized carbons (Fsp3) is 0.500. The van der Waals surface area contributed by atoms with Crippen molar-refractivity contribution >= 4 is 17.1 Å². The third-order valence-corrected chi connectivity index (χ3v) is 3.37. The molecule has 0 N–H and O–H groups in total. The molecular formula is C12H15N3O5. The normalized spacial score (nSPS) is 18.9. The van der Waals surface area contributed by atoms with E-state index in [9.17, 15) is 20.2 Å². The molecule has 0 bridgehead atoms. The summed E-state index contributed by atoms with van der Waals surface area (Å²) in [5, 5.41) is 21.9. The molecule has 0 aliphatic carbocycles. The Bertz CT molecular complexity index is 534. The number of nitro benzene ring substituents is 2. The summed E-state index contributed by atoms with van der Waals surface area (Å²) in [5.41, 5.74) is -0.0999. The average Bonchev–Trinajstić information content (AvgIpc) is 2.46. The van der Waals surface area contributed by atoms with Gasteiger partial charge in [0.2, 0.25) is 0 Å². The summed E-state index contributed by atoms with van der Waals surface area (Å²) in [7, 11) is 0. The summed E-state index contributed by atoms with van der Waals surface area (Å²) in [6, 6.07) is 3.80. The number of nitro groups is 2. The van der Waals surface area contributed by atoms with Crippen LogP contribution in [-0.2, 0) is 4.74 Å². The summed E-state index contributed by atoms with van der Waals surface area (Å²) in [5.74, 6) is 0. The summed E-state index contributed by atoms with van der Waals surface area (Å²) in [6.45, 7) is 3.51. The zero-order valence-electron chi connectivity index (χ0n) is 11.0. The van der Waals surface area contributed by atoms with Crippen LogP contribution in [0.4, 0.5) is 17.1 Å². The second-order valence-electron chi connectivity index (χ2n) is 4.52. The Morgan fingerprint density at radius 2 is 2.10 bits per heavy atom. The Kier molecular flexibility index (Phi) is 4.14. The summed E-state index contributed by atoms with van der Waals surface area (Å²) >= 11 is 0. The Labute approximate surface area is 115 Å². The number of hydrogen-bond donors (Lipinski definition) is 0. The van der Waals surface area contributed by atoms with Gasteiger partial charge in [0.05, 0.1) is 35.2 Å². The van der Waals surface area contributed by atoms with Gasteiger partial charge in [0.15, 0.2) is 0 Å². The first-order valence-electron chi connectivity index (χ1n) is 6.31. The van der Waals surface area contributed by atoms with Crippen LogP contribution in [0.2, 0.25) is 0 Å². The van der Waals surface area contributed by atoms with E-state index < -0.39 is 9.85 Å². The molecule has 1 unspecified atom stereocenters. The minimum Gasteiger partial charge on any atom is -0.377 e. The molecule has 0 aromatic heterocycles. The Hall–Kier alpha value is -2.22. The molecule has 1 aromatic rings. The molecule has 0 radical (unpaired) electrons. The van der Waals surface area contributed by atoms with Crippen molar-refractivity contribution in [1.29, 1.82) is 0 Å². The van der Waals surface area contributed by atoms with Gasteiger partial charge in [0.1, 0.15) is 5.69 Å². The van der Waals surface area contributed by atoms with Crippen molar-refractivity contribution in [3.63, 3.8) is 0 Å². The van der Waals surface area contributed by atoms with E-state index >= 15 is 0 Å². The molecule has 1 saturated heterocycles. The lowest BCUT2D eigenvalue weighted by Gasteiger charge is -2.36. The summed E-state index contributed by atoms with van der Waals surface area (Å²) < 4.78 is 5.37. The highest BCUT2D eigenvalue weighted by molar-refractivity contribution is 5.67. The third-order valence-electron chi connectivity index (χ3n) is 3.37. The molecule has 0 spiro atoms. The molecule has 0 amide bonds. The van der Waals surface area contributed by atoms with E-state index in [2.05, 4.69) is 0 Å². The quantitative estimate of drug-likeness (QED) is 0.619. The molecule has 1 heterocycles. The standard InChI is InChI=1S/C12H15N3O5/c1-2-9-8-20-6-5-13(9)11-4-3-10(14(16)17)7-12(11)15(18)19/h3-4,7,9H,2,5-6,8H2,1H3. The minimum absolute atomic E-state index is 0.0453. The van der Waals surface area contributed by atoms with Gasteiger partial charge < -0.3 is 9.64 Å². The van der Waals surface area contributed by atoms with Crippen molar-refractivity contribution in [3.05, 3.63) is 38.4 Å². The van der Waals surface area contributed by atoms with Gasteiger partial charge in [-0.15, -0.1) is 0 Å². The molecular weight excluding hydrogens is 266 g/mol. The number of rotatable bonds is 4. The van der Waals surface area contributed by atoms with Crippen molar-refractivity contribution < 1.29 is 14.6 Å². The highest BCUT2D eigenvalue weighted by Gasteiger charge is 2.29. The molecule has 108 valence electrons. The first-order valence-corrected chi connectivity index (χ1v) is 6.31. The molecule has 1 fully saturated rings. The lowest BCUT2D eigenvalue weighted by molar-refractivity contribution is -0.393. The van der Waals surface area contributed by atoms with Gasteiger partial charge in [-0.25, -0.2) is 0 Å². The maximum Gasteiger partial charge on any atom is 0.299 e. The monoisotopic (exact) mass is 281 g/mol. The predicted octanol–water partition coefficient (Wildman–Crippen LogP) is 2.12. The van der Waals surface area contributed by atoms with Gasteiger partial charge in [-0.1, -0.05) is 6.92 Å². The Balaban J connectivity index is 2.44. The van der Waals surface area contributed by atoms with E-state index in [0.29, 0.717) is 25.4 Å². The number of ether oxygens (including phenoxy) is 1. The molecule has 20 heavy (non-hydrogen) atoms. The first kappa shape index (κ1) is 14.2. The SMILES string of the molecule is CCC1COCCN1c1ccc([N+](=O)[O-])cc1[N+](=O)[O-]. The minimum atomic E-state index is -0.632. The van der Waals surface area contributed by atoms with Gasteiger partial charge in [-0.05, 0) is 12.5 Å². The largest absolute Gasteiger partial charge is 0.377 e. The highest BCUT2D eigenvalue weighted by Crippen LogP contribution is 2.34. The van der Waals surface area contributed by atoms with Gasteiger partial charge in [0.25, 0.3) is 11.4 Å². The van der Waals surface area contributed by atoms with Gasteiger partial charge in [-0.3, -0.25) is 20.2 Å². The van der Waals surface area contributed by atoms with Crippen molar-refractivity contribution in [1.82, 2.24) is 0 Å². The number of non-ortho nitro benzene ring substituents is 1. The van der Waals surface area contributed by atoms with Crippen molar-refractivity contribution in [2.45, 2.75) is 19.4 Å². The molecule has 1 aromatic carbocycles. The second-order valence-corrected chi connectivity index (χ2v) is 4.52. The van der Waals surface area contributed by atoms with E-state index in [-0.39, 0.29) is 17.4 Å². The van der Waals surface area contributed by atoms with Crippen LogP contribution in [0.25, 0.3) is 0 Å². The van der Waals surface area contributed by atoms with Gasteiger partial charge in [-0.2, -0.15) is 0 Å². The number of nitrogens with zero attached hydrogens (tertiary/aromatic N) is 3. The van der Waals surface area contributed by atoms with Crippen molar-refractivity contribution in [2.24, 2.45) is 0 Å². The second kappa shape index (κ2) is 5.83. The van der Waals surface area contributed by atoms with E-state index in [1.54, 1.807) is 0 Å². The number of anilines is 1. The van der Waals surface area contributed by atoms with Crippen molar-refractivity contribution in [3.8, 4) is 0 Å². The molecule has 8 heteroatoms. The molecule has 1 atom stereocenters. The average molecular weight is 281 g/mol. The zero-order valence-corrected chi connectivity index (χ0v) is 11.0. The fourth-order valence-corrected chi connectivity index (χ4v) is 2.32. The predicted molar refractivity (Wildman–Crippen MR) is 72.0 cm³/mol. The maximum absolute atomic E-state index is 11.2. The van der Waals surface area contributed by atoms with Crippen LogP contribution in [0.15, 0.2) is 18.2 Å². The lowest BCUT2D eigenvalue weighted by Crippen LogP contribution is -2.45. The highest BCUT2D eigenvalue weighted by atomic mass is 16.6. The third kappa shape index (κ3) is 2.69. The van der Waals surface area contributed by atoms with Crippen LogP contribution < -0.4 is 4.90 Å². The van der Waals surface area contributed by atoms with Crippen LogP contribution in [0.5, 0.6) is 0 Å². The first-order chi connectivity index (χ1) is 9.54. The number of hydrogen-bond acceptors (Lipinski definition) is 6. The van der Waals surface area contributed by atoms with Crippen LogP contribution in [0.3, 0.4) is 0 Å². The molecule has 1 aliphatic heterocycles. The van der Waals surface area contributed by atoms with Crippen LogP contribution in [-0.4, -0.2) is 35.6 Å². The fourth-order valence-electron chi connectivity index (χ4n) is 2.32. The Morgan fingerprint density at radius 1 is 1.35 bits per heavy atom. The number of morpholine rings is 1. The topological polar surface area (TPSA) is 98.8 Å². The van der Waals surface area contributed by atoms with E-state index in [4.69, 9.17) is 4.74 Å². The van der Waals surface area contributed by atoms with Gasteiger partial charge in [0, 0.05) is 12.6 Å². The van der Waals surface area contributed by atoms with Crippen LogP contribution in [0.1, 0.15) is 13.3 Å². The summed E-state index contributed by atoms with van der Waals surface area (Å²) in [4.78, 5) is 22.6. The van der Waals surface area contributed by atoms with Gasteiger partial charge >= 0.3 is 0 Å². The number of benzene rings is 1. The Morgan fingerprint density at radius 3 is 2.70 bits per heavy atom. The molecule has 2 rings (SSSR count). The van der Waals surface area contributed by atoms with E-state index in [1.165, 1.54) is 12.1 Å².